The molecule has 1 amide bonds. The highest BCUT2D eigenvalue weighted by atomic mass is 35.5. The van der Waals surface area contributed by atoms with Crippen molar-refractivity contribution in [2.45, 2.75) is 22.8 Å². The molecule has 2 heterocycles. The molecule has 1 fully saturated rings. The van der Waals surface area contributed by atoms with E-state index >= 15 is 0 Å². The van der Waals surface area contributed by atoms with Gasteiger partial charge in [0.15, 0.2) is 0 Å². The van der Waals surface area contributed by atoms with E-state index in [9.17, 15) is 4.79 Å². The van der Waals surface area contributed by atoms with Gasteiger partial charge in [-0.3, -0.25) is 14.6 Å². The first kappa shape index (κ1) is 16.9. The van der Waals surface area contributed by atoms with E-state index < -0.39 is 0 Å². The molecule has 0 radical (unpaired) electrons. The monoisotopic (exact) mass is 374 g/mol. The van der Waals surface area contributed by atoms with Crippen molar-refractivity contribution in [2.24, 2.45) is 0 Å². The molecular weight excluding hydrogens is 356 g/mol. The van der Waals surface area contributed by atoms with Gasteiger partial charge in [-0.25, -0.2) is 0 Å². The Morgan fingerprint density at radius 2 is 1.84 bits per heavy atom. The molecule has 6 heteroatoms. The first-order valence-electron chi connectivity index (χ1n) is 8.37. The Bertz CT molecular complexity index is 808. The zero-order valence-corrected chi connectivity index (χ0v) is 15.5. The first-order chi connectivity index (χ1) is 12.1. The number of morpholine rings is 1. The number of benzene rings is 2. The molecule has 4 rings (SSSR count). The highest BCUT2D eigenvalue weighted by molar-refractivity contribution is 7.99. The van der Waals surface area contributed by atoms with Crippen LogP contribution in [0.25, 0.3) is 0 Å². The van der Waals surface area contributed by atoms with Gasteiger partial charge in [0.2, 0.25) is 5.91 Å². The molecule has 1 saturated heterocycles. The minimum Gasteiger partial charge on any atom is -0.379 e. The first-order valence-corrected chi connectivity index (χ1v) is 9.57. The van der Waals surface area contributed by atoms with Crippen molar-refractivity contribution in [3.8, 4) is 0 Å². The number of carbonyl (C=O) groups is 1. The van der Waals surface area contributed by atoms with E-state index in [-0.39, 0.29) is 11.9 Å². The Morgan fingerprint density at radius 3 is 2.64 bits per heavy atom. The average Bonchev–Trinajstić information content (AvgIpc) is 2.66. The van der Waals surface area contributed by atoms with Gasteiger partial charge in [-0.2, -0.15) is 0 Å². The number of anilines is 2. The van der Waals surface area contributed by atoms with E-state index in [0.29, 0.717) is 18.2 Å². The average molecular weight is 375 g/mol. The van der Waals surface area contributed by atoms with Crippen LogP contribution in [0.1, 0.15) is 6.92 Å². The molecule has 0 saturated carbocycles. The van der Waals surface area contributed by atoms with Crippen LogP contribution in [0.2, 0.25) is 5.02 Å². The van der Waals surface area contributed by atoms with Crippen molar-refractivity contribution in [1.82, 2.24) is 4.90 Å². The molecule has 0 N–H and O–H groups in total. The number of nitrogens with zero attached hydrogens (tertiary/aromatic N) is 2. The van der Waals surface area contributed by atoms with Crippen LogP contribution in [0.15, 0.2) is 52.3 Å². The van der Waals surface area contributed by atoms with Crippen LogP contribution in [0.5, 0.6) is 0 Å². The van der Waals surface area contributed by atoms with Crippen LogP contribution in [0.3, 0.4) is 0 Å². The summed E-state index contributed by atoms with van der Waals surface area (Å²) in [6, 6.07) is 13.5. The molecule has 0 spiro atoms. The third-order valence-corrected chi connectivity index (χ3v) is 6.02. The zero-order chi connectivity index (χ0) is 17.4. The van der Waals surface area contributed by atoms with Crippen molar-refractivity contribution >= 4 is 40.6 Å². The van der Waals surface area contributed by atoms with Crippen molar-refractivity contribution in [2.75, 3.05) is 31.2 Å². The van der Waals surface area contributed by atoms with Gasteiger partial charge in [-0.15, -0.1) is 0 Å². The molecular formula is C19H19ClN2O2S. The normalized spacial score (nSPS) is 18.4. The van der Waals surface area contributed by atoms with E-state index in [2.05, 4.69) is 11.0 Å². The van der Waals surface area contributed by atoms with Gasteiger partial charge in [0.25, 0.3) is 0 Å². The summed E-state index contributed by atoms with van der Waals surface area (Å²) in [6.45, 7) is 4.88. The fraction of sp³-hybridized carbons (Fsp3) is 0.316. The lowest BCUT2D eigenvalue weighted by Gasteiger charge is -2.37. The molecule has 0 aliphatic carbocycles. The van der Waals surface area contributed by atoms with Crippen molar-refractivity contribution < 1.29 is 9.53 Å². The predicted octanol–water partition coefficient (Wildman–Crippen LogP) is 4.19. The fourth-order valence-corrected chi connectivity index (χ4v) is 4.48. The maximum atomic E-state index is 13.4. The summed E-state index contributed by atoms with van der Waals surface area (Å²) in [6.07, 6.45) is 0. The number of para-hydroxylation sites is 1. The van der Waals surface area contributed by atoms with Gasteiger partial charge in [0, 0.05) is 27.9 Å². The number of amides is 1. The number of rotatable bonds is 2. The van der Waals surface area contributed by atoms with Gasteiger partial charge in [0.05, 0.1) is 30.6 Å². The molecule has 2 aromatic carbocycles. The summed E-state index contributed by atoms with van der Waals surface area (Å²) < 4.78 is 5.42. The Hall–Kier alpha value is -1.53. The van der Waals surface area contributed by atoms with E-state index in [1.807, 2.05) is 48.2 Å². The summed E-state index contributed by atoms with van der Waals surface area (Å²) in [4.78, 5) is 19.6. The van der Waals surface area contributed by atoms with Gasteiger partial charge in [-0.05, 0) is 37.3 Å². The van der Waals surface area contributed by atoms with Crippen LogP contribution < -0.4 is 4.90 Å². The molecule has 0 bridgehead atoms. The molecule has 2 aliphatic heterocycles. The predicted molar refractivity (Wildman–Crippen MR) is 101 cm³/mol. The number of carbonyl (C=O) groups excluding carboxylic acids is 1. The lowest BCUT2D eigenvalue weighted by Crippen LogP contribution is -2.50. The van der Waals surface area contributed by atoms with Crippen LogP contribution in [0.4, 0.5) is 11.4 Å². The lowest BCUT2D eigenvalue weighted by atomic mass is 10.1. The summed E-state index contributed by atoms with van der Waals surface area (Å²) in [5, 5.41) is 0.635. The summed E-state index contributed by atoms with van der Waals surface area (Å²) in [5.74, 6) is 0.0677. The van der Waals surface area contributed by atoms with Crippen molar-refractivity contribution in [1.29, 1.82) is 0 Å². The smallest absolute Gasteiger partial charge is 0.248 e. The molecule has 4 nitrogen and oxygen atoms in total. The van der Waals surface area contributed by atoms with Crippen LogP contribution in [-0.4, -0.2) is 43.2 Å². The molecule has 0 aromatic heterocycles. The van der Waals surface area contributed by atoms with Gasteiger partial charge in [-0.1, -0.05) is 35.5 Å². The molecule has 130 valence electrons. The number of hydrogen-bond donors (Lipinski definition) is 0. The molecule has 1 unspecified atom stereocenters. The minimum absolute atomic E-state index is 0.0677. The van der Waals surface area contributed by atoms with Crippen LogP contribution in [-0.2, 0) is 9.53 Å². The lowest BCUT2D eigenvalue weighted by molar-refractivity contribution is -0.124. The molecule has 25 heavy (non-hydrogen) atoms. The third-order valence-electron chi connectivity index (χ3n) is 4.66. The Morgan fingerprint density at radius 1 is 1.12 bits per heavy atom. The Balaban J connectivity index is 1.75. The van der Waals surface area contributed by atoms with E-state index in [4.69, 9.17) is 16.3 Å². The van der Waals surface area contributed by atoms with Crippen LogP contribution in [0, 0.1) is 0 Å². The SMILES string of the molecule is CC(C(=O)N1c2ccccc2Sc2ccc(Cl)cc21)N1CCOCC1. The standard InChI is InChI=1S/C19H19ClN2O2S/c1-13(21-8-10-24-11-9-21)19(23)22-15-4-2-3-5-17(15)25-18-7-6-14(20)12-16(18)22/h2-7,12-13H,8-11H2,1H3. The summed E-state index contributed by atoms with van der Waals surface area (Å²) >= 11 is 7.90. The maximum absolute atomic E-state index is 13.4. The molecule has 2 aliphatic rings. The molecule has 2 aromatic rings. The Kier molecular flexibility index (Phi) is 4.73. The largest absolute Gasteiger partial charge is 0.379 e. The summed E-state index contributed by atoms with van der Waals surface area (Å²) in [5.41, 5.74) is 1.79. The van der Waals surface area contributed by atoms with Crippen molar-refractivity contribution in [3.63, 3.8) is 0 Å². The number of halogens is 1. The third kappa shape index (κ3) is 3.17. The second-order valence-corrected chi connectivity index (χ2v) is 7.70. The highest BCUT2D eigenvalue weighted by Gasteiger charge is 2.33. The number of hydrogen-bond acceptors (Lipinski definition) is 4. The Labute approximate surface area is 156 Å². The van der Waals surface area contributed by atoms with E-state index in [1.54, 1.807) is 11.8 Å². The number of fused-ring (bicyclic) bond motifs is 2. The topological polar surface area (TPSA) is 32.8 Å². The molecule has 1 atom stereocenters. The minimum atomic E-state index is -0.216. The fourth-order valence-electron chi connectivity index (χ4n) is 3.27. The quantitative estimate of drug-likeness (QED) is 0.789. The van der Waals surface area contributed by atoms with Gasteiger partial charge < -0.3 is 4.74 Å². The van der Waals surface area contributed by atoms with Crippen LogP contribution >= 0.6 is 23.4 Å². The van der Waals surface area contributed by atoms with Gasteiger partial charge >= 0.3 is 0 Å². The van der Waals surface area contributed by atoms with E-state index in [0.717, 1.165) is 34.3 Å². The van der Waals surface area contributed by atoms with Gasteiger partial charge in [0.1, 0.15) is 0 Å². The zero-order valence-electron chi connectivity index (χ0n) is 13.9. The van der Waals surface area contributed by atoms with E-state index in [1.165, 1.54) is 0 Å². The maximum Gasteiger partial charge on any atom is 0.248 e. The number of ether oxygens (including phenoxy) is 1. The second-order valence-electron chi connectivity index (χ2n) is 6.18. The summed E-state index contributed by atoms with van der Waals surface area (Å²) in [7, 11) is 0. The second kappa shape index (κ2) is 7.00. The highest BCUT2D eigenvalue weighted by Crippen LogP contribution is 2.49. The van der Waals surface area contributed by atoms with Crippen molar-refractivity contribution in [3.05, 3.63) is 47.5 Å².